The Morgan fingerprint density at radius 1 is 1.15 bits per heavy atom. The Morgan fingerprint density at radius 2 is 2.04 bits per heavy atom. The van der Waals surface area contributed by atoms with Gasteiger partial charge in [0.2, 0.25) is 0 Å². The normalized spacial score (nSPS) is 19.7. The highest BCUT2D eigenvalue weighted by Crippen LogP contribution is 2.42. The molecule has 0 N–H and O–H groups in total. The average Bonchev–Trinajstić information content (AvgIpc) is 3.28. The van der Waals surface area contributed by atoms with Crippen molar-refractivity contribution in [1.82, 2.24) is 29.4 Å². The Kier molecular flexibility index (Phi) is 3.89. The quantitative estimate of drug-likeness (QED) is 0.722. The monoisotopic (exact) mass is 352 g/mol. The summed E-state index contributed by atoms with van der Waals surface area (Å²) in [4.78, 5) is 20.0. The number of hydrogen-bond acceptors (Lipinski definition) is 5. The van der Waals surface area contributed by atoms with Gasteiger partial charge in [-0.2, -0.15) is 0 Å². The predicted molar refractivity (Wildman–Crippen MR) is 95.3 cm³/mol. The van der Waals surface area contributed by atoms with Crippen molar-refractivity contribution in [2.45, 2.75) is 44.9 Å². The van der Waals surface area contributed by atoms with Crippen LogP contribution in [0.15, 0.2) is 24.9 Å². The van der Waals surface area contributed by atoms with Crippen LogP contribution in [0, 0.1) is 0 Å². The lowest BCUT2D eigenvalue weighted by atomic mass is 9.98. The van der Waals surface area contributed by atoms with Crippen LogP contribution in [0.25, 0.3) is 11.2 Å². The van der Waals surface area contributed by atoms with Gasteiger partial charge in [0, 0.05) is 49.2 Å². The highest BCUT2D eigenvalue weighted by molar-refractivity contribution is 5.79. The Morgan fingerprint density at radius 3 is 2.88 bits per heavy atom. The molecular weight excluding hydrogens is 331 g/mol. The number of nitrogens with zero attached hydrogens (tertiary/aromatic N) is 6. The maximum atomic E-state index is 13.2. The van der Waals surface area contributed by atoms with E-state index in [-0.39, 0.29) is 0 Å². The lowest BCUT2D eigenvalue weighted by molar-refractivity contribution is 0.241. The maximum Gasteiger partial charge on any atom is 0.159 e. The Balaban J connectivity index is 1.61. The van der Waals surface area contributed by atoms with Crippen LogP contribution in [0.2, 0.25) is 0 Å². The first-order valence-electron chi connectivity index (χ1n) is 9.26. The van der Waals surface area contributed by atoms with Crippen LogP contribution >= 0.6 is 0 Å². The van der Waals surface area contributed by atoms with E-state index < -0.39 is 6.67 Å². The standard InChI is InChI=1S/C19H21FN6/c20-8-14-11-23-19-18(24-14)17-15-2-1-5-25(15)6-4-16(17)26(19)7-3-13-9-21-12-22-10-13/h9-12,15H,1-8H2. The first-order valence-corrected chi connectivity index (χ1v) is 9.26. The van der Waals surface area contributed by atoms with Crippen LogP contribution in [0.1, 0.15) is 41.4 Å². The fourth-order valence-corrected chi connectivity index (χ4v) is 4.50. The van der Waals surface area contributed by atoms with Crippen molar-refractivity contribution in [2.75, 3.05) is 13.1 Å². The molecule has 0 bridgehead atoms. The van der Waals surface area contributed by atoms with Crippen LogP contribution in [-0.2, 0) is 26.1 Å². The zero-order valence-electron chi connectivity index (χ0n) is 14.6. The predicted octanol–water partition coefficient (Wildman–Crippen LogP) is 2.63. The second-order valence-electron chi connectivity index (χ2n) is 7.12. The van der Waals surface area contributed by atoms with Gasteiger partial charge in [0.15, 0.2) is 5.65 Å². The molecule has 2 aliphatic rings. The molecule has 7 heteroatoms. The van der Waals surface area contributed by atoms with Gasteiger partial charge in [0.1, 0.15) is 18.5 Å². The molecule has 2 aliphatic heterocycles. The van der Waals surface area contributed by atoms with Crippen molar-refractivity contribution < 1.29 is 4.39 Å². The summed E-state index contributed by atoms with van der Waals surface area (Å²) in [6.45, 7) is 2.47. The number of alkyl halides is 1. The summed E-state index contributed by atoms with van der Waals surface area (Å²) in [5.41, 5.74) is 5.93. The summed E-state index contributed by atoms with van der Waals surface area (Å²) in [6, 6.07) is 0.409. The van der Waals surface area contributed by atoms with Gasteiger partial charge in [0.25, 0.3) is 0 Å². The van der Waals surface area contributed by atoms with Gasteiger partial charge in [-0.3, -0.25) is 4.90 Å². The molecule has 5 heterocycles. The molecule has 1 unspecified atom stereocenters. The minimum Gasteiger partial charge on any atom is -0.328 e. The molecule has 1 fully saturated rings. The largest absolute Gasteiger partial charge is 0.328 e. The third-order valence-electron chi connectivity index (χ3n) is 5.66. The van der Waals surface area contributed by atoms with Crippen molar-refractivity contribution in [2.24, 2.45) is 0 Å². The van der Waals surface area contributed by atoms with E-state index in [0.29, 0.717) is 11.7 Å². The molecular formula is C19H21FN6. The first-order chi connectivity index (χ1) is 12.8. The van der Waals surface area contributed by atoms with Gasteiger partial charge in [-0.05, 0) is 31.4 Å². The van der Waals surface area contributed by atoms with E-state index in [1.165, 1.54) is 17.7 Å². The third-order valence-corrected chi connectivity index (χ3v) is 5.66. The number of rotatable bonds is 4. The molecule has 0 amide bonds. The minimum atomic E-state index is -0.571. The molecule has 0 aromatic carbocycles. The zero-order chi connectivity index (χ0) is 17.5. The highest BCUT2D eigenvalue weighted by atomic mass is 19.1. The zero-order valence-corrected chi connectivity index (χ0v) is 14.6. The second kappa shape index (κ2) is 6.39. The average molecular weight is 352 g/mol. The summed E-state index contributed by atoms with van der Waals surface area (Å²) < 4.78 is 15.5. The minimum absolute atomic E-state index is 0.409. The van der Waals surface area contributed by atoms with Crippen LogP contribution in [0.3, 0.4) is 0 Å². The van der Waals surface area contributed by atoms with Crippen LogP contribution in [0.4, 0.5) is 4.39 Å². The van der Waals surface area contributed by atoms with Crippen molar-refractivity contribution >= 4 is 11.2 Å². The number of aryl methyl sites for hydroxylation is 2. The highest BCUT2D eigenvalue weighted by Gasteiger charge is 2.36. The molecule has 0 aliphatic carbocycles. The molecule has 26 heavy (non-hydrogen) atoms. The molecule has 0 spiro atoms. The Bertz CT molecular complexity index is 938. The summed E-state index contributed by atoms with van der Waals surface area (Å²) >= 11 is 0. The molecule has 1 atom stereocenters. The molecule has 3 aromatic heterocycles. The molecule has 134 valence electrons. The van der Waals surface area contributed by atoms with E-state index in [2.05, 4.69) is 29.4 Å². The molecule has 0 radical (unpaired) electrons. The summed E-state index contributed by atoms with van der Waals surface area (Å²) in [5, 5.41) is 0. The van der Waals surface area contributed by atoms with Crippen molar-refractivity contribution in [3.63, 3.8) is 0 Å². The van der Waals surface area contributed by atoms with E-state index in [9.17, 15) is 4.39 Å². The lowest BCUT2D eigenvalue weighted by Crippen LogP contribution is -2.31. The topological polar surface area (TPSA) is 59.7 Å². The van der Waals surface area contributed by atoms with E-state index in [1.54, 1.807) is 12.5 Å². The van der Waals surface area contributed by atoms with Gasteiger partial charge in [-0.15, -0.1) is 0 Å². The molecule has 1 saturated heterocycles. The lowest BCUT2D eigenvalue weighted by Gasteiger charge is -2.30. The van der Waals surface area contributed by atoms with E-state index in [1.807, 2.05) is 12.4 Å². The number of hydrogen-bond donors (Lipinski definition) is 0. The van der Waals surface area contributed by atoms with E-state index >= 15 is 0 Å². The molecule has 3 aromatic rings. The number of fused-ring (bicyclic) bond motifs is 5. The van der Waals surface area contributed by atoms with Crippen molar-refractivity contribution in [1.29, 1.82) is 0 Å². The molecule has 6 nitrogen and oxygen atoms in total. The Labute approximate surface area is 151 Å². The van der Waals surface area contributed by atoms with E-state index in [4.69, 9.17) is 0 Å². The first kappa shape index (κ1) is 15.8. The number of halogens is 1. The fraction of sp³-hybridized carbons (Fsp3) is 0.474. The van der Waals surface area contributed by atoms with Gasteiger partial charge in [-0.1, -0.05) is 0 Å². The molecule has 0 saturated carbocycles. The van der Waals surface area contributed by atoms with Crippen LogP contribution in [-0.4, -0.2) is 42.5 Å². The van der Waals surface area contributed by atoms with Gasteiger partial charge < -0.3 is 4.57 Å². The van der Waals surface area contributed by atoms with Gasteiger partial charge >= 0.3 is 0 Å². The third kappa shape index (κ3) is 2.49. The van der Waals surface area contributed by atoms with Crippen LogP contribution in [0.5, 0.6) is 0 Å². The fourth-order valence-electron chi connectivity index (χ4n) is 4.50. The number of aromatic nitrogens is 5. The van der Waals surface area contributed by atoms with Crippen molar-refractivity contribution in [3.05, 3.63) is 47.4 Å². The summed E-state index contributed by atoms with van der Waals surface area (Å²) in [5.74, 6) is 0. The van der Waals surface area contributed by atoms with Gasteiger partial charge in [0.05, 0.1) is 11.9 Å². The van der Waals surface area contributed by atoms with E-state index in [0.717, 1.165) is 55.6 Å². The second-order valence-corrected chi connectivity index (χ2v) is 7.12. The Hall–Kier alpha value is -2.41. The summed E-state index contributed by atoms with van der Waals surface area (Å²) in [6.07, 6.45) is 11.1. The SMILES string of the molecule is FCc1cnc2c(n1)c1c(n2CCc2cncnc2)CCN2CCCC12. The maximum absolute atomic E-state index is 13.2. The van der Waals surface area contributed by atoms with Crippen LogP contribution < -0.4 is 0 Å². The van der Waals surface area contributed by atoms with Gasteiger partial charge in [-0.25, -0.2) is 24.3 Å². The van der Waals surface area contributed by atoms with Crippen molar-refractivity contribution in [3.8, 4) is 0 Å². The summed E-state index contributed by atoms with van der Waals surface area (Å²) in [7, 11) is 0. The molecule has 5 rings (SSSR count). The smallest absolute Gasteiger partial charge is 0.159 e.